The SMILES string of the molecule is CCN(C)C(=O)Cn1c(=S)[nH]c2cc(C)cnc21. The lowest BCUT2D eigenvalue weighted by Crippen LogP contribution is -2.29. The molecule has 0 aliphatic rings. The summed E-state index contributed by atoms with van der Waals surface area (Å²) in [5.74, 6) is 0.0249. The molecule has 0 saturated carbocycles. The van der Waals surface area contributed by atoms with Crippen molar-refractivity contribution in [1.29, 1.82) is 0 Å². The first-order valence-corrected chi connectivity index (χ1v) is 6.23. The minimum atomic E-state index is 0.0249. The first-order valence-electron chi connectivity index (χ1n) is 5.82. The summed E-state index contributed by atoms with van der Waals surface area (Å²) in [6, 6.07) is 1.97. The van der Waals surface area contributed by atoms with Crippen molar-refractivity contribution in [2.45, 2.75) is 20.4 Å². The van der Waals surface area contributed by atoms with Gasteiger partial charge in [0.2, 0.25) is 5.91 Å². The molecule has 18 heavy (non-hydrogen) atoms. The van der Waals surface area contributed by atoms with Crippen LogP contribution in [0.2, 0.25) is 0 Å². The van der Waals surface area contributed by atoms with Crippen molar-refractivity contribution in [3.63, 3.8) is 0 Å². The molecule has 0 atom stereocenters. The van der Waals surface area contributed by atoms with E-state index in [2.05, 4.69) is 9.97 Å². The second-order valence-electron chi connectivity index (χ2n) is 4.31. The van der Waals surface area contributed by atoms with Gasteiger partial charge in [0.1, 0.15) is 6.54 Å². The van der Waals surface area contributed by atoms with Gasteiger partial charge in [-0.1, -0.05) is 0 Å². The summed E-state index contributed by atoms with van der Waals surface area (Å²) in [7, 11) is 1.78. The standard InChI is InChI=1S/C12H16N4OS/c1-4-15(3)10(17)7-16-11-9(14-12(16)18)5-8(2)6-13-11/h5-6H,4,7H2,1-3H3,(H,14,18). The fourth-order valence-corrected chi connectivity index (χ4v) is 1.99. The second kappa shape index (κ2) is 4.89. The Morgan fingerprint density at radius 3 is 3.00 bits per heavy atom. The number of H-pyrrole nitrogens is 1. The summed E-state index contributed by atoms with van der Waals surface area (Å²) in [6.45, 7) is 4.81. The molecule has 96 valence electrons. The lowest BCUT2D eigenvalue weighted by molar-refractivity contribution is -0.130. The first kappa shape index (κ1) is 12.8. The van der Waals surface area contributed by atoms with Crippen molar-refractivity contribution in [2.24, 2.45) is 0 Å². The Labute approximate surface area is 110 Å². The summed E-state index contributed by atoms with van der Waals surface area (Å²) in [5, 5.41) is 0. The van der Waals surface area contributed by atoms with Crippen LogP contribution in [0.15, 0.2) is 12.3 Å². The van der Waals surface area contributed by atoms with Crippen LogP contribution in [0.5, 0.6) is 0 Å². The van der Waals surface area contributed by atoms with Crippen LogP contribution in [0.4, 0.5) is 0 Å². The number of aryl methyl sites for hydroxylation is 1. The first-order chi connectivity index (χ1) is 8.52. The number of fused-ring (bicyclic) bond motifs is 1. The fraction of sp³-hybridized carbons (Fsp3) is 0.417. The van der Waals surface area contributed by atoms with Crippen molar-refractivity contribution in [3.05, 3.63) is 22.6 Å². The van der Waals surface area contributed by atoms with Gasteiger partial charge in [0, 0.05) is 19.8 Å². The minimum Gasteiger partial charge on any atom is -0.344 e. The molecule has 2 heterocycles. The summed E-state index contributed by atoms with van der Waals surface area (Å²) in [4.78, 5) is 21.0. The molecule has 2 aromatic rings. The van der Waals surface area contributed by atoms with E-state index in [1.165, 1.54) is 0 Å². The van der Waals surface area contributed by atoms with Crippen molar-refractivity contribution >= 4 is 29.3 Å². The van der Waals surface area contributed by atoms with Crippen LogP contribution in [0.25, 0.3) is 11.2 Å². The predicted molar refractivity (Wildman–Crippen MR) is 73.0 cm³/mol. The van der Waals surface area contributed by atoms with Gasteiger partial charge in [0.25, 0.3) is 0 Å². The molecule has 5 nitrogen and oxygen atoms in total. The predicted octanol–water partition coefficient (Wildman–Crippen LogP) is 1.88. The van der Waals surface area contributed by atoms with Crippen molar-refractivity contribution in [1.82, 2.24) is 19.4 Å². The van der Waals surface area contributed by atoms with E-state index >= 15 is 0 Å². The Kier molecular flexibility index (Phi) is 3.47. The van der Waals surface area contributed by atoms with Gasteiger partial charge in [0.15, 0.2) is 10.4 Å². The lowest BCUT2D eigenvalue weighted by Gasteiger charge is -2.14. The number of nitrogens with zero attached hydrogens (tertiary/aromatic N) is 3. The van der Waals surface area contributed by atoms with Gasteiger partial charge in [-0.2, -0.15) is 0 Å². The Morgan fingerprint density at radius 1 is 1.61 bits per heavy atom. The van der Waals surface area contributed by atoms with Crippen molar-refractivity contribution in [2.75, 3.05) is 13.6 Å². The maximum absolute atomic E-state index is 11.9. The smallest absolute Gasteiger partial charge is 0.242 e. The molecule has 0 saturated heterocycles. The number of nitrogens with one attached hydrogen (secondary N) is 1. The van der Waals surface area contributed by atoms with Gasteiger partial charge in [0.05, 0.1) is 5.52 Å². The maximum Gasteiger partial charge on any atom is 0.242 e. The number of imidazole rings is 1. The van der Waals surface area contributed by atoms with Gasteiger partial charge >= 0.3 is 0 Å². The molecule has 0 aliphatic carbocycles. The largest absolute Gasteiger partial charge is 0.344 e. The number of pyridine rings is 1. The molecule has 0 unspecified atom stereocenters. The van der Waals surface area contributed by atoms with Gasteiger partial charge in [-0.15, -0.1) is 0 Å². The number of carbonyl (C=O) groups excluding carboxylic acids is 1. The molecular weight excluding hydrogens is 248 g/mol. The third kappa shape index (κ3) is 2.28. The van der Waals surface area contributed by atoms with Crippen LogP contribution in [0.3, 0.4) is 0 Å². The average molecular weight is 264 g/mol. The second-order valence-corrected chi connectivity index (χ2v) is 4.69. The van der Waals surface area contributed by atoms with E-state index in [0.717, 1.165) is 16.7 Å². The molecular formula is C12H16N4OS. The zero-order valence-corrected chi connectivity index (χ0v) is 11.5. The zero-order valence-electron chi connectivity index (χ0n) is 10.7. The summed E-state index contributed by atoms with van der Waals surface area (Å²) in [6.07, 6.45) is 1.77. The number of hydrogen-bond acceptors (Lipinski definition) is 3. The average Bonchev–Trinajstić information content (AvgIpc) is 2.64. The number of likely N-dealkylation sites (N-methyl/N-ethyl adjacent to an activating group) is 1. The van der Waals surface area contributed by atoms with Crippen molar-refractivity contribution in [3.8, 4) is 0 Å². The molecule has 0 bridgehead atoms. The Bertz CT molecular complexity index is 643. The summed E-state index contributed by atoms with van der Waals surface area (Å²) >= 11 is 5.23. The third-order valence-corrected chi connectivity index (χ3v) is 3.26. The number of amides is 1. The highest BCUT2D eigenvalue weighted by molar-refractivity contribution is 7.71. The molecule has 1 amide bonds. The minimum absolute atomic E-state index is 0.0249. The van der Waals surface area contributed by atoms with E-state index in [1.807, 2.05) is 19.9 Å². The van der Waals surface area contributed by atoms with Crippen molar-refractivity contribution < 1.29 is 4.79 Å². The van der Waals surface area contributed by atoms with Crippen LogP contribution in [0.1, 0.15) is 12.5 Å². The highest BCUT2D eigenvalue weighted by Crippen LogP contribution is 2.13. The third-order valence-electron chi connectivity index (χ3n) is 2.94. The number of hydrogen-bond donors (Lipinski definition) is 1. The number of aromatic amines is 1. The van der Waals surface area contributed by atoms with Gasteiger partial charge in [-0.05, 0) is 37.7 Å². The molecule has 6 heteroatoms. The zero-order chi connectivity index (χ0) is 13.3. The highest BCUT2D eigenvalue weighted by Gasteiger charge is 2.12. The quantitative estimate of drug-likeness (QED) is 0.861. The molecule has 0 spiro atoms. The Morgan fingerprint density at radius 2 is 2.33 bits per heavy atom. The van der Waals surface area contributed by atoms with Crippen LogP contribution in [-0.4, -0.2) is 38.9 Å². The lowest BCUT2D eigenvalue weighted by atomic mass is 10.3. The van der Waals surface area contributed by atoms with Crippen LogP contribution in [0, 0.1) is 11.7 Å². The van der Waals surface area contributed by atoms with Crippen LogP contribution in [-0.2, 0) is 11.3 Å². The monoisotopic (exact) mass is 264 g/mol. The van der Waals surface area contributed by atoms with E-state index in [9.17, 15) is 4.79 Å². The summed E-state index contributed by atoms with van der Waals surface area (Å²) < 4.78 is 2.26. The maximum atomic E-state index is 11.9. The molecule has 0 aromatic carbocycles. The topological polar surface area (TPSA) is 53.9 Å². The Hall–Kier alpha value is -1.69. The van der Waals surface area contributed by atoms with Gasteiger partial charge in [-0.25, -0.2) is 4.98 Å². The van der Waals surface area contributed by atoms with E-state index in [4.69, 9.17) is 12.2 Å². The van der Waals surface area contributed by atoms with E-state index in [1.54, 1.807) is 22.7 Å². The van der Waals surface area contributed by atoms with Gasteiger partial charge in [-0.3, -0.25) is 9.36 Å². The highest BCUT2D eigenvalue weighted by atomic mass is 32.1. The summed E-state index contributed by atoms with van der Waals surface area (Å²) in [5.41, 5.74) is 2.65. The molecule has 0 fully saturated rings. The Balaban J connectivity index is 2.42. The normalized spacial score (nSPS) is 10.8. The van der Waals surface area contributed by atoms with E-state index in [-0.39, 0.29) is 12.5 Å². The molecule has 2 rings (SSSR count). The number of aromatic nitrogens is 3. The molecule has 0 radical (unpaired) electrons. The van der Waals surface area contributed by atoms with Gasteiger partial charge < -0.3 is 9.88 Å². The van der Waals surface area contributed by atoms with Crippen LogP contribution >= 0.6 is 12.2 Å². The molecule has 0 aliphatic heterocycles. The molecule has 2 aromatic heterocycles. The van der Waals surface area contributed by atoms with Crippen LogP contribution < -0.4 is 0 Å². The number of rotatable bonds is 3. The van der Waals surface area contributed by atoms with E-state index in [0.29, 0.717) is 11.3 Å². The number of carbonyl (C=O) groups is 1. The van der Waals surface area contributed by atoms with E-state index < -0.39 is 0 Å². The molecule has 1 N–H and O–H groups in total. The fourth-order valence-electron chi connectivity index (χ4n) is 1.73.